The molecule has 0 saturated carbocycles. The van der Waals surface area contributed by atoms with Crippen molar-refractivity contribution in [2.75, 3.05) is 37.0 Å². The second kappa shape index (κ2) is 5.07. The van der Waals surface area contributed by atoms with Gasteiger partial charge in [-0.1, -0.05) is 0 Å². The lowest BCUT2D eigenvalue weighted by atomic mass is 10.1. The van der Waals surface area contributed by atoms with Crippen molar-refractivity contribution < 1.29 is 9.84 Å². The van der Waals surface area contributed by atoms with E-state index in [0.29, 0.717) is 12.5 Å². The largest absolute Gasteiger partial charge is 0.394 e. The van der Waals surface area contributed by atoms with Crippen LogP contribution in [0.4, 0.5) is 11.8 Å². The van der Waals surface area contributed by atoms with Crippen molar-refractivity contribution >= 4 is 11.8 Å². The fraction of sp³-hybridized carbons (Fsp3) is 0.667. The highest BCUT2D eigenvalue weighted by Crippen LogP contribution is 2.24. The minimum atomic E-state index is -0.295. The van der Waals surface area contributed by atoms with Gasteiger partial charge in [-0.2, -0.15) is 4.98 Å². The Balaban J connectivity index is 2.20. The lowest BCUT2D eigenvalue weighted by molar-refractivity contribution is -0.101. The fourth-order valence-corrected chi connectivity index (χ4v) is 2.21. The van der Waals surface area contributed by atoms with E-state index in [1.807, 2.05) is 19.9 Å². The van der Waals surface area contributed by atoms with Crippen molar-refractivity contribution in [2.45, 2.75) is 25.6 Å². The molecule has 100 valence electrons. The van der Waals surface area contributed by atoms with Gasteiger partial charge < -0.3 is 20.1 Å². The molecule has 0 aromatic carbocycles. The van der Waals surface area contributed by atoms with Crippen LogP contribution < -0.4 is 10.2 Å². The summed E-state index contributed by atoms with van der Waals surface area (Å²) in [5.41, 5.74) is -0.295. The molecule has 1 unspecified atom stereocenters. The molecule has 18 heavy (non-hydrogen) atoms. The Kier molecular flexibility index (Phi) is 3.68. The molecule has 1 fully saturated rings. The first-order chi connectivity index (χ1) is 8.54. The normalized spacial score (nSPS) is 22.9. The maximum atomic E-state index is 9.29. The SMILES string of the molecule is CNc1nccc(N2CC(CO)OC(C)(C)C2)n1. The van der Waals surface area contributed by atoms with E-state index in [9.17, 15) is 5.11 Å². The highest BCUT2D eigenvalue weighted by molar-refractivity contribution is 5.43. The van der Waals surface area contributed by atoms with E-state index in [1.54, 1.807) is 13.2 Å². The molecule has 2 heterocycles. The van der Waals surface area contributed by atoms with Gasteiger partial charge in [0, 0.05) is 26.3 Å². The lowest BCUT2D eigenvalue weighted by Crippen LogP contribution is -2.54. The summed E-state index contributed by atoms with van der Waals surface area (Å²) in [5, 5.41) is 12.2. The van der Waals surface area contributed by atoms with Crippen LogP contribution in [0.3, 0.4) is 0 Å². The minimum Gasteiger partial charge on any atom is -0.394 e. The number of aliphatic hydroxyl groups is 1. The number of aromatic nitrogens is 2. The number of aliphatic hydroxyl groups excluding tert-OH is 1. The lowest BCUT2D eigenvalue weighted by Gasteiger charge is -2.42. The van der Waals surface area contributed by atoms with Crippen LogP contribution in [0.25, 0.3) is 0 Å². The Bertz CT molecular complexity index is 411. The number of nitrogens with zero attached hydrogens (tertiary/aromatic N) is 3. The summed E-state index contributed by atoms with van der Waals surface area (Å²) in [6, 6.07) is 1.87. The molecule has 0 bridgehead atoms. The first-order valence-electron chi connectivity index (χ1n) is 6.08. The molecule has 2 N–H and O–H groups in total. The van der Waals surface area contributed by atoms with E-state index in [0.717, 1.165) is 12.4 Å². The second-order valence-electron chi connectivity index (χ2n) is 5.05. The van der Waals surface area contributed by atoms with Crippen LogP contribution >= 0.6 is 0 Å². The third-order valence-corrected chi connectivity index (χ3v) is 2.87. The van der Waals surface area contributed by atoms with Gasteiger partial charge in [-0.3, -0.25) is 0 Å². The van der Waals surface area contributed by atoms with E-state index in [1.165, 1.54) is 0 Å². The van der Waals surface area contributed by atoms with Gasteiger partial charge in [0.2, 0.25) is 5.95 Å². The average molecular weight is 252 g/mol. The summed E-state index contributed by atoms with van der Waals surface area (Å²) in [5.74, 6) is 1.45. The van der Waals surface area contributed by atoms with E-state index in [-0.39, 0.29) is 18.3 Å². The molecule has 1 saturated heterocycles. The van der Waals surface area contributed by atoms with Gasteiger partial charge in [-0.25, -0.2) is 4.98 Å². The number of ether oxygens (including phenoxy) is 1. The second-order valence-corrected chi connectivity index (χ2v) is 5.05. The van der Waals surface area contributed by atoms with Crippen molar-refractivity contribution in [2.24, 2.45) is 0 Å². The third kappa shape index (κ3) is 2.88. The molecular weight excluding hydrogens is 232 g/mol. The van der Waals surface area contributed by atoms with Gasteiger partial charge in [-0.15, -0.1) is 0 Å². The van der Waals surface area contributed by atoms with Crippen molar-refractivity contribution in [3.63, 3.8) is 0 Å². The highest BCUT2D eigenvalue weighted by atomic mass is 16.5. The van der Waals surface area contributed by atoms with Gasteiger partial charge in [0.1, 0.15) is 5.82 Å². The zero-order valence-corrected chi connectivity index (χ0v) is 11.1. The summed E-state index contributed by atoms with van der Waals surface area (Å²) in [6.45, 7) is 5.43. The maximum Gasteiger partial charge on any atom is 0.224 e. The van der Waals surface area contributed by atoms with Crippen LogP contribution in [0.5, 0.6) is 0 Å². The van der Waals surface area contributed by atoms with E-state index < -0.39 is 0 Å². The summed E-state index contributed by atoms with van der Waals surface area (Å²) < 4.78 is 5.78. The summed E-state index contributed by atoms with van der Waals surface area (Å²) in [7, 11) is 1.79. The van der Waals surface area contributed by atoms with Crippen molar-refractivity contribution in [1.82, 2.24) is 9.97 Å². The number of rotatable bonds is 3. The number of hydrogen-bond donors (Lipinski definition) is 2. The van der Waals surface area contributed by atoms with Crippen LogP contribution in [0.1, 0.15) is 13.8 Å². The zero-order valence-electron chi connectivity index (χ0n) is 11.1. The molecule has 2 rings (SSSR count). The fourth-order valence-electron chi connectivity index (χ4n) is 2.21. The van der Waals surface area contributed by atoms with Gasteiger partial charge in [-0.05, 0) is 19.9 Å². The van der Waals surface area contributed by atoms with Crippen LogP contribution in [0, 0.1) is 0 Å². The zero-order chi connectivity index (χ0) is 13.2. The highest BCUT2D eigenvalue weighted by Gasteiger charge is 2.33. The smallest absolute Gasteiger partial charge is 0.224 e. The van der Waals surface area contributed by atoms with Gasteiger partial charge in [0.15, 0.2) is 0 Å². The molecule has 1 aromatic heterocycles. The molecule has 0 radical (unpaired) electrons. The van der Waals surface area contributed by atoms with Crippen LogP contribution in [0.15, 0.2) is 12.3 Å². The summed E-state index contributed by atoms with van der Waals surface area (Å²) in [6.07, 6.45) is 1.55. The standard InChI is InChI=1S/C12H20N4O2/c1-12(2)8-16(6-9(7-17)18-12)10-4-5-14-11(13-3)15-10/h4-5,9,17H,6-8H2,1-3H3,(H,13,14,15). The third-order valence-electron chi connectivity index (χ3n) is 2.87. The van der Waals surface area contributed by atoms with E-state index >= 15 is 0 Å². The first kappa shape index (κ1) is 13.0. The number of nitrogens with one attached hydrogen (secondary N) is 1. The molecule has 0 amide bonds. The quantitative estimate of drug-likeness (QED) is 0.816. The Morgan fingerprint density at radius 2 is 2.39 bits per heavy atom. The van der Waals surface area contributed by atoms with Gasteiger partial charge >= 0.3 is 0 Å². The Morgan fingerprint density at radius 3 is 3.06 bits per heavy atom. The summed E-state index contributed by atoms with van der Waals surface area (Å²) >= 11 is 0. The summed E-state index contributed by atoms with van der Waals surface area (Å²) in [4.78, 5) is 10.6. The van der Waals surface area contributed by atoms with Crippen LogP contribution in [-0.4, -0.2) is 53.5 Å². The molecular formula is C12H20N4O2. The van der Waals surface area contributed by atoms with Crippen molar-refractivity contribution in [3.05, 3.63) is 12.3 Å². The van der Waals surface area contributed by atoms with Gasteiger partial charge in [0.25, 0.3) is 0 Å². The topological polar surface area (TPSA) is 70.5 Å². The minimum absolute atomic E-state index is 0.0178. The monoisotopic (exact) mass is 252 g/mol. The maximum absolute atomic E-state index is 9.29. The Morgan fingerprint density at radius 1 is 1.61 bits per heavy atom. The molecule has 0 aliphatic carbocycles. The van der Waals surface area contributed by atoms with E-state index in [2.05, 4.69) is 20.2 Å². The van der Waals surface area contributed by atoms with Crippen LogP contribution in [0.2, 0.25) is 0 Å². The number of anilines is 2. The molecule has 1 aliphatic heterocycles. The molecule has 1 aromatic rings. The molecule has 6 heteroatoms. The van der Waals surface area contributed by atoms with Gasteiger partial charge in [0.05, 0.1) is 18.3 Å². The molecule has 1 atom stereocenters. The molecule has 6 nitrogen and oxygen atoms in total. The van der Waals surface area contributed by atoms with Crippen molar-refractivity contribution in [3.8, 4) is 0 Å². The molecule has 0 spiro atoms. The van der Waals surface area contributed by atoms with Crippen LogP contribution in [-0.2, 0) is 4.74 Å². The Labute approximate surface area is 107 Å². The first-order valence-corrected chi connectivity index (χ1v) is 6.08. The number of hydrogen-bond acceptors (Lipinski definition) is 6. The molecule has 1 aliphatic rings. The predicted molar refractivity (Wildman–Crippen MR) is 69.8 cm³/mol. The van der Waals surface area contributed by atoms with E-state index in [4.69, 9.17) is 4.74 Å². The Hall–Kier alpha value is -1.40. The average Bonchev–Trinajstić information content (AvgIpc) is 2.37. The number of morpholine rings is 1. The van der Waals surface area contributed by atoms with Crippen molar-refractivity contribution in [1.29, 1.82) is 0 Å². The predicted octanol–water partition coefficient (Wildman–Crippen LogP) is 0.494.